The number of carbonyl (C=O) groups is 1. The summed E-state index contributed by atoms with van der Waals surface area (Å²) in [6.07, 6.45) is 0. The van der Waals surface area contributed by atoms with E-state index in [0.29, 0.717) is 12.1 Å². The molecule has 0 aliphatic carbocycles. The number of piperazine rings is 1. The van der Waals surface area contributed by atoms with Gasteiger partial charge in [-0.1, -0.05) is 48.0 Å². The number of amides is 1. The number of hydrogen-bond acceptors (Lipinski definition) is 2. The van der Waals surface area contributed by atoms with Gasteiger partial charge in [-0.05, 0) is 38.5 Å². The Balaban J connectivity index is 1.70. The van der Waals surface area contributed by atoms with E-state index in [1.54, 1.807) is 0 Å². The lowest BCUT2D eigenvalue weighted by molar-refractivity contribution is 0.0269. The van der Waals surface area contributed by atoms with Crippen molar-refractivity contribution in [2.75, 3.05) is 13.1 Å². The van der Waals surface area contributed by atoms with Gasteiger partial charge in [-0.2, -0.15) is 0 Å². The zero-order chi connectivity index (χ0) is 17.1. The van der Waals surface area contributed by atoms with E-state index in [0.717, 1.165) is 30.8 Å². The summed E-state index contributed by atoms with van der Waals surface area (Å²) in [5, 5.41) is 0. The van der Waals surface area contributed by atoms with Crippen LogP contribution in [0.2, 0.25) is 0 Å². The van der Waals surface area contributed by atoms with Crippen molar-refractivity contribution in [1.82, 2.24) is 9.80 Å². The SMILES string of the molecule is Cc1cccc(C(=O)N2CC(C)N(Cc3ccccc3)C(C)C2)c1. The van der Waals surface area contributed by atoms with Gasteiger partial charge < -0.3 is 4.90 Å². The Morgan fingerprint density at radius 3 is 2.29 bits per heavy atom. The van der Waals surface area contributed by atoms with Crippen molar-refractivity contribution in [1.29, 1.82) is 0 Å². The van der Waals surface area contributed by atoms with Gasteiger partial charge in [0, 0.05) is 37.3 Å². The minimum atomic E-state index is 0.150. The van der Waals surface area contributed by atoms with Crippen LogP contribution in [0.25, 0.3) is 0 Å². The monoisotopic (exact) mass is 322 g/mol. The van der Waals surface area contributed by atoms with Gasteiger partial charge in [-0.25, -0.2) is 0 Å². The van der Waals surface area contributed by atoms with Gasteiger partial charge in [-0.3, -0.25) is 9.69 Å². The molecule has 2 aromatic carbocycles. The summed E-state index contributed by atoms with van der Waals surface area (Å²) >= 11 is 0. The molecule has 3 rings (SSSR count). The molecular weight excluding hydrogens is 296 g/mol. The highest BCUT2D eigenvalue weighted by Crippen LogP contribution is 2.21. The topological polar surface area (TPSA) is 23.6 Å². The van der Waals surface area contributed by atoms with Crippen LogP contribution in [0.15, 0.2) is 54.6 Å². The molecular formula is C21H26N2O. The van der Waals surface area contributed by atoms with Crippen LogP contribution in [-0.4, -0.2) is 40.9 Å². The molecule has 0 spiro atoms. The number of nitrogens with zero attached hydrogens (tertiary/aromatic N) is 2. The summed E-state index contributed by atoms with van der Waals surface area (Å²) in [6, 6.07) is 19.1. The number of aryl methyl sites for hydroxylation is 1. The van der Waals surface area contributed by atoms with Gasteiger partial charge in [0.2, 0.25) is 0 Å². The summed E-state index contributed by atoms with van der Waals surface area (Å²) in [7, 11) is 0. The van der Waals surface area contributed by atoms with Crippen LogP contribution in [0, 0.1) is 6.92 Å². The Hall–Kier alpha value is -2.13. The van der Waals surface area contributed by atoms with Gasteiger partial charge in [-0.15, -0.1) is 0 Å². The Bertz CT molecular complexity index is 686. The fourth-order valence-electron chi connectivity index (χ4n) is 3.59. The van der Waals surface area contributed by atoms with Gasteiger partial charge in [0.05, 0.1) is 0 Å². The Morgan fingerprint density at radius 1 is 1.00 bits per heavy atom. The second kappa shape index (κ2) is 7.18. The van der Waals surface area contributed by atoms with Crippen LogP contribution < -0.4 is 0 Å². The lowest BCUT2D eigenvalue weighted by Gasteiger charge is -2.44. The van der Waals surface area contributed by atoms with Crippen LogP contribution in [0.3, 0.4) is 0 Å². The van der Waals surface area contributed by atoms with E-state index in [-0.39, 0.29) is 5.91 Å². The van der Waals surface area contributed by atoms with Crippen molar-refractivity contribution in [3.63, 3.8) is 0 Å². The van der Waals surface area contributed by atoms with Gasteiger partial charge >= 0.3 is 0 Å². The lowest BCUT2D eigenvalue weighted by Crippen LogP contribution is -2.57. The first-order valence-electron chi connectivity index (χ1n) is 8.70. The van der Waals surface area contributed by atoms with E-state index in [1.807, 2.05) is 36.1 Å². The maximum atomic E-state index is 12.8. The van der Waals surface area contributed by atoms with E-state index in [1.165, 1.54) is 5.56 Å². The van der Waals surface area contributed by atoms with Gasteiger partial charge in [0.1, 0.15) is 0 Å². The molecule has 1 heterocycles. The van der Waals surface area contributed by atoms with E-state index in [9.17, 15) is 4.79 Å². The van der Waals surface area contributed by atoms with Crippen molar-refractivity contribution in [2.24, 2.45) is 0 Å². The molecule has 2 aromatic rings. The molecule has 3 nitrogen and oxygen atoms in total. The third-order valence-corrected chi connectivity index (χ3v) is 4.86. The molecule has 0 aromatic heterocycles. The normalized spacial score (nSPS) is 21.7. The first-order chi connectivity index (χ1) is 11.5. The molecule has 3 heteroatoms. The Morgan fingerprint density at radius 2 is 1.67 bits per heavy atom. The molecule has 2 atom stereocenters. The van der Waals surface area contributed by atoms with Crippen molar-refractivity contribution in [2.45, 2.75) is 39.4 Å². The van der Waals surface area contributed by atoms with E-state index < -0.39 is 0 Å². The first kappa shape index (κ1) is 16.7. The molecule has 2 unspecified atom stereocenters. The summed E-state index contributed by atoms with van der Waals surface area (Å²) in [5.41, 5.74) is 3.25. The predicted octanol–water partition coefficient (Wildman–Crippen LogP) is 3.73. The van der Waals surface area contributed by atoms with Crippen LogP contribution >= 0.6 is 0 Å². The summed E-state index contributed by atoms with van der Waals surface area (Å²) in [5.74, 6) is 0.150. The summed E-state index contributed by atoms with van der Waals surface area (Å²) in [4.78, 5) is 17.3. The number of benzene rings is 2. The molecule has 0 bridgehead atoms. The maximum Gasteiger partial charge on any atom is 0.253 e. The number of rotatable bonds is 3. The molecule has 1 amide bonds. The average Bonchev–Trinajstić information content (AvgIpc) is 2.58. The zero-order valence-corrected chi connectivity index (χ0v) is 14.8. The average molecular weight is 322 g/mol. The van der Waals surface area contributed by atoms with Gasteiger partial charge in [0.25, 0.3) is 5.91 Å². The van der Waals surface area contributed by atoms with Crippen molar-refractivity contribution in [3.8, 4) is 0 Å². The molecule has 1 fully saturated rings. The van der Waals surface area contributed by atoms with E-state index in [2.05, 4.69) is 49.1 Å². The lowest BCUT2D eigenvalue weighted by atomic mass is 10.0. The van der Waals surface area contributed by atoms with Crippen LogP contribution in [0.5, 0.6) is 0 Å². The molecule has 126 valence electrons. The second-order valence-electron chi connectivity index (χ2n) is 6.94. The van der Waals surface area contributed by atoms with E-state index >= 15 is 0 Å². The summed E-state index contributed by atoms with van der Waals surface area (Å²) < 4.78 is 0. The molecule has 1 saturated heterocycles. The van der Waals surface area contributed by atoms with Gasteiger partial charge in [0.15, 0.2) is 0 Å². The minimum Gasteiger partial charge on any atom is -0.336 e. The summed E-state index contributed by atoms with van der Waals surface area (Å²) in [6.45, 7) is 8.97. The van der Waals surface area contributed by atoms with Crippen LogP contribution in [0.4, 0.5) is 0 Å². The standard InChI is InChI=1S/C21H26N2O/c1-16-8-7-11-20(12-16)21(24)22-13-17(2)23(18(3)14-22)15-19-9-5-4-6-10-19/h4-12,17-18H,13-15H2,1-3H3. The highest BCUT2D eigenvalue weighted by Gasteiger charge is 2.32. The van der Waals surface area contributed by atoms with Crippen LogP contribution in [-0.2, 0) is 6.54 Å². The number of hydrogen-bond donors (Lipinski definition) is 0. The Kier molecular flexibility index (Phi) is 5.00. The number of carbonyl (C=O) groups excluding carboxylic acids is 1. The largest absolute Gasteiger partial charge is 0.336 e. The fraction of sp³-hybridized carbons (Fsp3) is 0.381. The molecule has 0 radical (unpaired) electrons. The predicted molar refractivity (Wildman–Crippen MR) is 98.0 cm³/mol. The third kappa shape index (κ3) is 3.68. The molecule has 0 saturated carbocycles. The molecule has 1 aliphatic heterocycles. The second-order valence-corrected chi connectivity index (χ2v) is 6.94. The van der Waals surface area contributed by atoms with Crippen molar-refractivity contribution >= 4 is 5.91 Å². The zero-order valence-electron chi connectivity index (χ0n) is 14.8. The third-order valence-electron chi connectivity index (χ3n) is 4.86. The maximum absolute atomic E-state index is 12.8. The van der Waals surface area contributed by atoms with Crippen molar-refractivity contribution < 1.29 is 4.79 Å². The highest BCUT2D eigenvalue weighted by molar-refractivity contribution is 5.94. The van der Waals surface area contributed by atoms with Crippen molar-refractivity contribution in [3.05, 3.63) is 71.3 Å². The smallest absolute Gasteiger partial charge is 0.253 e. The quantitative estimate of drug-likeness (QED) is 0.859. The molecule has 0 N–H and O–H groups in total. The molecule has 1 aliphatic rings. The van der Waals surface area contributed by atoms with Crippen LogP contribution in [0.1, 0.15) is 35.3 Å². The fourth-order valence-corrected chi connectivity index (χ4v) is 3.59. The van der Waals surface area contributed by atoms with E-state index in [4.69, 9.17) is 0 Å². The Labute approximate surface area is 144 Å². The highest BCUT2D eigenvalue weighted by atomic mass is 16.2. The first-order valence-corrected chi connectivity index (χ1v) is 8.70. The molecule has 24 heavy (non-hydrogen) atoms. The minimum absolute atomic E-state index is 0.150.